The molecule has 6 heteroatoms. The minimum absolute atomic E-state index is 0.0818. The third-order valence-electron chi connectivity index (χ3n) is 5.10. The van der Waals surface area contributed by atoms with E-state index in [0.29, 0.717) is 18.1 Å². The molecule has 0 radical (unpaired) electrons. The van der Waals surface area contributed by atoms with Gasteiger partial charge >= 0.3 is 0 Å². The largest absolute Gasteiger partial charge is 0.358 e. The molecule has 0 unspecified atom stereocenters. The standard InChI is InChI=1S/C22H22N4O2/c1-13-9-10-17-18(15(3)24-21(17)14(13)2)11-19(27)23-12-20-25-22(26-28-20)16-7-5-4-6-8-16/h4-10,24H,11-12H2,1-3H3,(H,23,27). The number of aryl methyl sites for hydroxylation is 3. The van der Waals surface area contributed by atoms with Gasteiger partial charge in [0.1, 0.15) is 0 Å². The van der Waals surface area contributed by atoms with E-state index >= 15 is 0 Å². The van der Waals surface area contributed by atoms with Crippen molar-refractivity contribution in [1.82, 2.24) is 20.4 Å². The van der Waals surface area contributed by atoms with Crippen LogP contribution in [0.25, 0.3) is 22.3 Å². The van der Waals surface area contributed by atoms with Crippen molar-refractivity contribution in [2.45, 2.75) is 33.7 Å². The maximum Gasteiger partial charge on any atom is 0.246 e. The van der Waals surface area contributed by atoms with Gasteiger partial charge in [-0.05, 0) is 37.5 Å². The van der Waals surface area contributed by atoms with Crippen LogP contribution in [0, 0.1) is 20.8 Å². The van der Waals surface area contributed by atoms with Crippen molar-refractivity contribution in [3.05, 3.63) is 70.7 Å². The molecule has 1 amide bonds. The van der Waals surface area contributed by atoms with E-state index in [0.717, 1.165) is 27.7 Å². The summed E-state index contributed by atoms with van der Waals surface area (Å²) in [5, 5.41) is 7.94. The number of amides is 1. The van der Waals surface area contributed by atoms with E-state index in [4.69, 9.17) is 4.52 Å². The molecule has 0 fully saturated rings. The quantitative estimate of drug-likeness (QED) is 0.553. The van der Waals surface area contributed by atoms with Crippen molar-refractivity contribution in [2.75, 3.05) is 0 Å². The van der Waals surface area contributed by atoms with Crippen molar-refractivity contribution in [1.29, 1.82) is 0 Å². The first-order valence-electron chi connectivity index (χ1n) is 9.25. The lowest BCUT2D eigenvalue weighted by Crippen LogP contribution is -2.24. The third kappa shape index (κ3) is 3.41. The van der Waals surface area contributed by atoms with Crippen LogP contribution in [0.5, 0.6) is 0 Å². The number of nitrogens with one attached hydrogen (secondary N) is 2. The molecule has 0 aliphatic carbocycles. The number of benzene rings is 2. The number of carbonyl (C=O) groups is 1. The molecule has 0 atom stereocenters. The van der Waals surface area contributed by atoms with Crippen molar-refractivity contribution < 1.29 is 9.32 Å². The molecule has 28 heavy (non-hydrogen) atoms. The second kappa shape index (κ2) is 7.31. The van der Waals surface area contributed by atoms with E-state index in [2.05, 4.69) is 46.4 Å². The first kappa shape index (κ1) is 18.0. The highest BCUT2D eigenvalue weighted by Crippen LogP contribution is 2.27. The van der Waals surface area contributed by atoms with E-state index in [1.54, 1.807) is 0 Å². The van der Waals surface area contributed by atoms with E-state index in [-0.39, 0.29) is 12.5 Å². The minimum Gasteiger partial charge on any atom is -0.358 e. The Morgan fingerprint density at radius 3 is 2.68 bits per heavy atom. The average molecular weight is 374 g/mol. The molecule has 0 spiro atoms. The van der Waals surface area contributed by atoms with Gasteiger partial charge in [0.2, 0.25) is 17.6 Å². The fourth-order valence-corrected chi connectivity index (χ4v) is 3.35. The highest BCUT2D eigenvalue weighted by molar-refractivity contribution is 5.92. The average Bonchev–Trinajstić information content (AvgIpc) is 3.30. The maximum atomic E-state index is 12.5. The monoisotopic (exact) mass is 374 g/mol. The number of nitrogens with zero attached hydrogens (tertiary/aromatic N) is 2. The lowest BCUT2D eigenvalue weighted by molar-refractivity contribution is -0.120. The Balaban J connectivity index is 1.44. The lowest BCUT2D eigenvalue weighted by atomic mass is 10.0. The Morgan fingerprint density at radius 2 is 1.89 bits per heavy atom. The molecule has 0 bridgehead atoms. The summed E-state index contributed by atoms with van der Waals surface area (Å²) in [6.45, 7) is 6.39. The van der Waals surface area contributed by atoms with E-state index < -0.39 is 0 Å². The Morgan fingerprint density at radius 1 is 1.11 bits per heavy atom. The topological polar surface area (TPSA) is 83.8 Å². The predicted molar refractivity (Wildman–Crippen MR) is 108 cm³/mol. The second-order valence-electron chi connectivity index (χ2n) is 6.99. The number of aromatic nitrogens is 3. The van der Waals surface area contributed by atoms with E-state index in [1.165, 1.54) is 11.1 Å². The molecule has 6 nitrogen and oxygen atoms in total. The molecule has 0 saturated carbocycles. The van der Waals surface area contributed by atoms with Gasteiger partial charge in [-0.25, -0.2) is 0 Å². The summed E-state index contributed by atoms with van der Waals surface area (Å²) >= 11 is 0. The summed E-state index contributed by atoms with van der Waals surface area (Å²) in [4.78, 5) is 20.2. The number of carbonyl (C=O) groups excluding carboxylic acids is 1. The Labute approximate surface area is 163 Å². The van der Waals surface area contributed by atoms with Gasteiger partial charge in [0, 0.05) is 22.2 Å². The number of aromatic amines is 1. The number of H-pyrrole nitrogens is 1. The van der Waals surface area contributed by atoms with Gasteiger partial charge in [0.15, 0.2) is 0 Å². The summed E-state index contributed by atoms with van der Waals surface area (Å²) in [7, 11) is 0. The van der Waals surface area contributed by atoms with Gasteiger partial charge in [0.25, 0.3) is 0 Å². The predicted octanol–water partition coefficient (Wildman–Crippen LogP) is 4.00. The Hall–Kier alpha value is -3.41. The molecule has 2 aromatic carbocycles. The van der Waals surface area contributed by atoms with Crippen LogP contribution in [0.1, 0.15) is 28.3 Å². The van der Waals surface area contributed by atoms with Crippen molar-refractivity contribution in [3.8, 4) is 11.4 Å². The molecule has 2 N–H and O–H groups in total. The SMILES string of the molecule is Cc1ccc2c(CC(=O)NCc3nc(-c4ccccc4)no3)c(C)[nH]c2c1C. The van der Waals surface area contributed by atoms with Gasteiger partial charge in [-0.3, -0.25) is 4.79 Å². The lowest BCUT2D eigenvalue weighted by Gasteiger charge is -2.04. The zero-order chi connectivity index (χ0) is 19.7. The van der Waals surface area contributed by atoms with Gasteiger partial charge in [-0.15, -0.1) is 0 Å². The van der Waals surface area contributed by atoms with Crippen molar-refractivity contribution in [2.24, 2.45) is 0 Å². The molecule has 4 aromatic rings. The number of rotatable bonds is 5. The molecule has 4 rings (SSSR count). The highest BCUT2D eigenvalue weighted by Gasteiger charge is 2.15. The Bertz CT molecular complexity index is 1140. The van der Waals surface area contributed by atoms with Crippen LogP contribution in [-0.2, 0) is 17.8 Å². The molecule has 0 aliphatic heterocycles. The van der Waals surface area contributed by atoms with Crippen LogP contribution in [-0.4, -0.2) is 21.0 Å². The van der Waals surface area contributed by atoms with Crippen molar-refractivity contribution >= 4 is 16.8 Å². The summed E-state index contributed by atoms with van der Waals surface area (Å²) in [6.07, 6.45) is 0.300. The second-order valence-corrected chi connectivity index (χ2v) is 6.99. The summed E-state index contributed by atoms with van der Waals surface area (Å²) in [5.74, 6) is 0.819. The maximum absolute atomic E-state index is 12.5. The number of hydrogen-bond donors (Lipinski definition) is 2. The fourth-order valence-electron chi connectivity index (χ4n) is 3.35. The van der Waals surface area contributed by atoms with Gasteiger partial charge < -0.3 is 14.8 Å². The van der Waals surface area contributed by atoms with E-state index in [1.807, 2.05) is 37.3 Å². The summed E-state index contributed by atoms with van der Waals surface area (Å²) in [6, 6.07) is 13.8. The zero-order valence-electron chi connectivity index (χ0n) is 16.2. The third-order valence-corrected chi connectivity index (χ3v) is 5.10. The molecular formula is C22H22N4O2. The molecule has 0 saturated heterocycles. The number of fused-ring (bicyclic) bond motifs is 1. The summed E-state index contributed by atoms with van der Waals surface area (Å²) < 4.78 is 5.25. The van der Waals surface area contributed by atoms with Crippen LogP contribution in [0.15, 0.2) is 47.0 Å². The highest BCUT2D eigenvalue weighted by atomic mass is 16.5. The zero-order valence-corrected chi connectivity index (χ0v) is 16.2. The summed E-state index contributed by atoms with van der Waals surface area (Å²) in [5.41, 5.74) is 6.46. The number of hydrogen-bond acceptors (Lipinski definition) is 4. The molecular weight excluding hydrogens is 352 g/mol. The van der Waals surface area contributed by atoms with Crippen LogP contribution >= 0.6 is 0 Å². The smallest absolute Gasteiger partial charge is 0.246 e. The van der Waals surface area contributed by atoms with Gasteiger partial charge in [0.05, 0.1) is 13.0 Å². The van der Waals surface area contributed by atoms with Crippen molar-refractivity contribution in [3.63, 3.8) is 0 Å². The van der Waals surface area contributed by atoms with Crippen LogP contribution in [0.2, 0.25) is 0 Å². The molecule has 142 valence electrons. The Kier molecular flexibility index (Phi) is 4.69. The fraction of sp³-hybridized carbons (Fsp3) is 0.227. The van der Waals surface area contributed by atoms with Gasteiger partial charge in [-0.1, -0.05) is 47.6 Å². The van der Waals surface area contributed by atoms with Gasteiger partial charge in [-0.2, -0.15) is 4.98 Å². The van der Waals surface area contributed by atoms with Crippen LogP contribution < -0.4 is 5.32 Å². The minimum atomic E-state index is -0.0818. The molecule has 2 heterocycles. The van der Waals surface area contributed by atoms with Crippen LogP contribution in [0.4, 0.5) is 0 Å². The molecule has 0 aliphatic rings. The first-order chi connectivity index (χ1) is 13.5. The van der Waals surface area contributed by atoms with E-state index in [9.17, 15) is 4.79 Å². The normalized spacial score (nSPS) is 11.1. The molecule has 2 aromatic heterocycles. The van der Waals surface area contributed by atoms with Crippen LogP contribution in [0.3, 0.4) is 0 Å². The first-order valence-corrected chi connectivity index (χ1v) is 9.25.